The lowest BCUT2D eigenvalue weighted by Gasteiger charge is -2.44. The molecule has 5 unspecified atom stereocenters. The van der Waals surface area contributed by atoms with Crippen molar-refractivity contribution in [1.82, 2.24) is 4.90 Å². The number of aliphatic hydroxyl groups excluding tert-OH is 1. The van der Waals surface area contributed by atoms with E-state index in [0.717, 1.165) is 45.1 Å². The summed E-state index contributed by atoms with van der Waals surface area (Å²) in [7, 11) is 0. The number of carbonyl (C=O) groups is 1. The standard InChI is InChI=1S/C17H29NO3/c1-12-13(9-11-21-12)17(20)18-10-5-4-7-15(18)14-6-2-3-8-16(14)19/h12-16,19H,2-11H2,1H3. The van der Waals surface area contributed by atoms with Crippen LogP contribution in [-0.2, 0) is 9.53 Å². The Bertz CT molecular complexity index is 373. The number of rotatable bonds is 2. The first kappa shape index (κ1) is 15.3. The van der Waals surface area contributed by atoms with Crippen LogP contribution in [0.4, 0.5) is 0 Å². The average Bonchev–Trinajstić information content (AvgIpc) is 2.93. The van der Waals surface area contributed by atoms with Crippen LogP contribution in [0.15, 0.2) is 0 Å². The van der Waals surface area contributed by atoms with Crippen LogP contribution in [0.5, 0.6) is 0 Å². The van der Waals surface area contributed by atoms with Crippen molar-refractivity contribution in [1.29, 1.82) is 0 Å². The van der Waals surface area contributed by atoms with Crippen LogP contribution in [0.2, 0.25) is 0 Å². The van der Waals surface area contributed by atoms with Crippen LogP contribution in [-0.4, -0.2) is 47.3 Å². The lowest BCUT2D eigenvalue weighted by Crippen LogP contribution is -2.53. The molecule has 1 N–H and O–H groups in total. The maximum absolute atomic E-state index is 12.9. The first-order valence-electron chi connectivity index (χ1n) is 8.78. The van der Waals surface area contributed by atoms with Crippen molar-refractivity contribution in [2.45, 2.75) is 76.5 Å². The van der Waals surface area contributed by atoms with Crippen molar-refractivity contribution in [2.24, 2.45) is 11.8 Å². The second-order valence-electron chi connectivity index (χ2n) is 7.08. The highest BCUT2D eigenvalue weighted by atomic mass is 16.5. The van der Waals surface area contributed by atoms with Crippen LogP contribution >= 0.6 is 0 Å². The third-order valence-electron chi connectivity index (χ3n) is 5.80. The van der Waals surface area contributed by atoms with Gasteiger partial charge in [-0.1, -0.05) is 12.8 Å². The Morgan fingerprint density at radius 3 is 2.57 bits per heavy atom. The van der Waals surface area contributed by atoms with Gasteiger partial charge >= 0.3 is 0 Å². The van der Waals surface area contributed by atoms with E-state index in [4.69, 9.17) is 4.74 Å². The van der Waals surface area contributed by atoms with Gasteiger partial charge in [-0.15, -0.1) is 0 Å². The summed E-state index contributed by atoms with van der Waals surface area (Å²) < 4.78 is 5.58. The Balaban J connectivity index is 1.73. The molecular weight excluding hydrogens is 266 g/mol. The minimum atomic E-state index is -0.214. The number of aliphatic hydroxyl groups is 1. The summed E-state index contributed by atoms with van der Waals surface area (Å²) in [5, 5.41) is 10.4. The van der Waals surface area contributed by atoms with Crippen molar-refractivity contribution in [3.63, 3.8) is 0 Å². The predicted molar refractivity (Wildman–Crippen MR) is 80.8 cm³/mol. The third-order valence-corrected chi connectivity index (χ3v) is 5.80. The zero-order chi connectivity index (χ0) is 14.8. The van der Waals surface area contributed by atoms with Gasteiger partial charge in [-0.2, -0.15) is 0 Å². The van der Waals surface area contributed by atoms with E-state index in [-0.39, 0.29) is 30.1 Å². The molecule has 2 aliphatic heterocycles. The Hall–Kier alpha value is -0.610. The molecule has 1 amide bonds. The molecule has 5 atom stereocenters. The summed E-state index contributed by atoms with van der Waals surface area (Å²) in [5.74, 6) is 0.606. The zero-order valence-corrected chi connectivity index (χ0v) is 13.2. The second-order valence-corrected chi connectivity index (χ2v) is 7.08. The smallest absolute Gasteiger partial charge is 0.228 e. The van der Waals surface area contributed by atoms with E-state index in [1.807, 2.05) is 6.92 Å². The molecule has 0 spiro atoms. The van der Waals surface area contributed by atoms with Crippen LogP contribution in [0, 0.1) is 11.8 Å². The highest BCUT2D eigenvalue weighted by Crippen LogP contribution is 2.36. The van der Waals surface area contributed by atoms with Crippen molar-refractivity contribution in [3.8, 4) is 0 Å². The summed E-state index contributed by atoms with van der Waals surface area (Å²) in [6.45, 7) is 3.60. The van der Waals surface area contributed by atoms with Gasteiger partial charge in [0, 0.05) is 25.1 Å². The van der Waals surface area contributed by atoms with E-state index < -0.39 is 0 Å². The molecule has 2 heterocycles. The SMILES string of the molecule is CC1OCCC1C(=O)N1CCCCC1C1CCCCC1O. The van der Waals surface area contributed by atoms with Crippen LogP contribution < -0.4 is 0 Å². The molecule has 1 aliphatic carbocycles. The Labute approximate surface area is 127 Å². The van der Waals surface area contributed by atoms with Crippen LogP contribution in [0.3, 0.4) is 0 Å². The topological polar surface area (TPSA) is 49.8 Å². The number of nitrogens with zero attached hydrogens (tertiary/aromatic N) is 1. The van der Waals surface area contributed by atoms with Gasteiger partial charge in [0.1, 0.15) is 0 Å². The molecule has 3 rings (SSSR count). The van der Waals surface area contributed by atoms with Crippen molar-refractivity contribution < 1.29 is 14.6 Å². The highest BCUT2D eigenvalue weighted by molar-refractivity contribution is 5.80. The van der Waals surface area contributed by atoms with Gasteiger partial charge < -0.3 is 14.7 Å². The van der Waals surface area contributed by atoms with E-state index in [1.165, 1.54) is 12.8 Å². The van der Waals surface area contributed by atoms with Gasteiger partial charge in [0.25, 0.3) is 0 Å². The van der Waals surface area contributed by atoms with E-state index in [2.05, 4.69) is 4.90 Å². The molecule has 1 saturated carbocycles. The van der Waals surface area contributed by atoms with Crippen LogP contribution in [0.1, 0.15) is 58.3 Å². The molecule has 0 aromatic heterocycles. The second kappa shape index (κ2) is 6.66. The van der Waals surface area contributed by atoms with Crippen molar-refractivity contribution in [3.05, 3.63) is 0 Å². The maximum Gasteiger partial charge on any atom is 0.228 e. The van der Waals surface area contributed by atoms with Gasteiger partial charge in [0.15, 0.2) is 0 Å². The molecule has 4 heteroatoms. The minimum absolute atomic E-state index is 0.0336. The van der Waals surface area contributed by atoms with Gasteiger partial charge in [0.2, 0.25) is 5.91 Å². The zero-order valence-electron chi connectivity index (χ0n) is 13.2. The molecule has 2 saturated heterocycles. The first-order chi connectivity index (χ1) is 10.2. The molecule has 3 fully saturated rings. The van der Waals surface area contributed by atoms with Crippen molar-refractivity contribution >= 4 is 5.91 Å². The fraction of sp³-hybridized carbons (Fsp3) is 0.941. The van der Waals surface area contributed by atoms with E-state index >= 15 is 0 Å². The summed E-state index contributed by atoms with van der Waals surface area (Å²) in [5.41, 5.74) is 0. The largest absolute Gasteiger partial charge is 0.393 e. The molecule has 4 nitrogen and oxygen atoms in total. The predicted octanol–water partition coefficient (Wildman–Crippen LogP) is 2.34. The third kappa shape index (κ3) is 3.11. The number of amides is 1. The molecule has 120 valence electrons. The summed E-state index contributed by atoms with van der Waals surface area (Å²) in [4.78, 5) is 15.0. The maximum atomic E-state index is 12.9. The summed E-state index contributed by atoms with van der Waals surface area (Å²) in [6, 6.07) is 0.259. The number of hydrogen-bond donors (Lipinski definition) is 1. The lowest BCUT2D eigenvalue weighted by molar-refractivity contribution is -0.144. The number of carbonyl (C=O) groups excluding carboxylic acids is 1. The van der Waals surface area contributed by atoms with Gasteiger partial charge in [-0.05, 0) is 45.4 Å². The molecule has 21 heavy (non-hydrogen) atoms. The van der Waals surface area contributed by atoms with Gasteiger partial charge in [-0.25, -0.2) is 0 Å². The molecular formula is C17H29NO3. The van der Waals surface area contributed by atoms with Gasteiger partial charge in [0.05, 0.1) is 18.1 Å². The Kier molecular flexibility index (Phi) is 4.85. The molecule has 0 aromatic rings. The number of likely N-dealkylation sites (tertiary alicyclic amines) is 1. The summed E-state index contributed by atoms with van der Waals surface area (Å²) >= 11 is 0. The normalized spacial score (nSPS) is 41.2. The molecule has 0 aromatic carbocycles. The van der Waals surface area contributed by atoms with Gasteiger partial charge in [-0.3, -0.25) is 4.79 Å². The lowest BCUT2D eigenvalue weighted by atomic mass is 9.77. The Morgan fingerprint density at radius 1 is 1.10 bits per heavy atom. The Morgan fingerprint density at radius 2 is 1.86 bits per heavy atom. The van der Waals surface area contributed by atoms with E-state index in [9.17, 15) is 9.90 Å². The number of ether oxygens (including phenoxy) is 1. The number of hydrogen-bond acceptors (Lipinski definition) is 3. The first-order valence-corrected chi connectivity index (χ1v) is 8.78. The van der Waals surface area contributed by atoms with E-state index in [0.29, 0.717) is 12.5 Å². The highest BCUT2D eigenvalue weighted by Gasteiger charge is 2.41. The summed E-state index contributed by atoms with van der Waals surface area (Å²) in [6.07, 6.45) is 8.37. The number of piperidine rings is 1. The minimum Gasteiger partial charge on any atom is -0.393 e. The molecule has 0 radical (unpaired) electrons. The van der Waals surface area contributed by atoms with Crippen molar-refractivity contribution in [2.75, 3.05) is 13.2 Å². The molecule has 0 bridgehead atoms. The quantitative estimate of drug-likeness (QED) is 0.850. The fourth-order valence-electron chi connectivity index (χ4n) is 4.53. The fourth-order valence-corrected chi connectivity index (χ4v) is 4.53. The molecule has 3 aliphatic rings. The monoisotopic (exact) mass is 295 g/mol. The average molecular weight is 295 g/mol. The van der Waals surface area contributed by atoms with Crippen LogP contribution in [0.25, 0.3) is 0 Å². The van der Waals surface area contributed by atoms with E-state index in [1.54, 1.807) is 0 Å².